The Hall–Kier alpha value is -1.13. The van der Waals surface area contributed by atoms with E-state index < -0.39 is 0 Å². The van der Waals surface area contributed by atoms with Crippen LogP contribution in [0.3, 0.4) is 0 Å². The molecule has 2 aliphatic rings. The lowest BCUT2D eigenvalue weighted by Crippen LogP contribution is -2.44. The van der Waals surface area contributed by atoms with E-state index in [2.05, 4.69) is 21.3 Å². The molecule has 3 rings (SSSR count). The van der Waals surface area contributed by atoms with Crippen LogP contribution in [0.4, 0.5) is 0 Å². The molecule has 0 amide bonds. The van der Waals surface area contributed by atoms with Crippen LogP contribution in [-0.2, 0) is 6.54 Å². The molecular weight excluding hydrogens is 226 g/mol. The largest absolute Gasteiger partial charge is 0.481 e. The van der Waals surface area contributed by atoms with Crippen LogP contribution >= 0.6 is 0 Å². The van der Waals surface area contributed by atoms with Crippen LogP contribution in [0.25, 0.3) is 0 Å². The van der Waals surface area contributed by atoms with E-state index in [1.165, 1.54) is 31.5 Å². The molecule has 0 aliphatic carbocycles. The summed E-state index contributed by atoms with van der Waals surface area (Å²) in [5.74, 6) is 1.60. The van der Waals surface area contributed by atoms with E-state index in [1.54, 1.807) is 13.3 Å². The van der Waals surface area contributed by atoms with Gasteiger partial charge in [0.1, 0.15) is 0 Å². The fourth-order valence-corrected chi connectivity index (χ4v) is 3.31. The summed E-state index contributed by atoms with van der Waals surface area (Å²) in [4.78, 5) is 6.87. The lowest BCUT2D eigenvalue weighted by molar-refractivity contribution is 0.116. The number of pyridine rings is 1. The zero-order valence-corrected chi connectivity index (χ0v) is 10.9. The molecule has 2 aliphatic heterocycles. The first-order valence-electron chi connectivity index (χ1n) is 6.81. The average molecular weight is 247 g/mol. The zero-order valence-electron chi connectivity index (χ0n) is 10.9. The summed E-state index contributed by atoms with van der Waals surface area (Å²) in [7, 11) is 1.70. The predicted octanol–water partition coefficient (Wildman–Crippen LogP) is 1.27. The molecule has 4 nitrogen and oxygen atoms in total. The third-order valence-electron chi connectivity index (χ3n) is 4.21. The first-order valence-corrected chi connectivity index (χ1v) is 6.81. The molecular formula is C14H21N3O. The minimum Gasteiger partial charge on any atom is -0.481 e. The number of hydrogen-bond donors (Lipinski definition) is 1. The van der Waals surface area contributed by atoms with Gasteiger partial charge in [-0.05, 0) is 37.9 Å². The number of nitrogens with one attached hydrogen (secondary N) is 1. The summed E-state index contributed by atoms with van der Waals surface area (Å²) in [5.41, 5.74) is 1.20. The Morgan fingerprint density at radius 2 is 2.44 bits per heavy atom. The number of aromatic nitrogens is 1. The lowest BCUT2D eigenvalue weighted by Gasteiger charge is -2.37. The van der Waals surface area contributed by atoms with E-state index in [-0.39, 0.29) is 0 Å². The second kappa shape index (κ2) is 5.24. The molecule has 0 aromatic carbocycles. The highest BCUT2D eigenvalue weighted by atomic mass is 16.5. The maximum atomic E-state index is 5.34. The second-order valence-corrected chi connectivity index (χ2v) is 5.27. The molecule has 18 heavy (non-hydrogen) atoms. The fourth-order valence-electron chi connectivity index (χ4n) is 3.31. The van der Waals surface area contributed by atoms with E-state index in [9.17, 15) is 0 Å². The number of methoxy groups -OCH3 is 1. The maximum Gasteiger partial charge on any atom is 0.217 e. The second-order valence-electron chi connectivity index (χ2n) is 5.27. The molecule has 0 spiro atoms. The van der Waals surface area contributed by atoms with Gasteiger partial charge in [0.2, 0.25) is 5.88 Å². The van der Waals surface area contributed by atoms with Gasteiger partial charge in [-0.1, -0.05) is 6.07 Å². The molecule has 0 saturated carbocycles. The number of piperidine rings is 1. The van der Waals surface area contributed by atoms with E-state index in [4.69, 9.17) is 4.74 Å². The van der Waals surface area contributed by atoms with Crippen molar-refractivity contribution in [3.63, 3.8) is 0 Å². The molecule has 3 heterocycles. The standard InChI is InChI=1S/C14H21N3O/c1-18-14-12(4-2-6-16-14)10-17-7-3-5-11-8-15-9-13(11)17/h2,4,6,11,13,15H,3,5,7-10H2,1H3. The Kier molecular flexibility index (Phi) is 3.48. The van der Waals surface area contributed by atoms with Crippen LogP contribution in [0.2, 0.25) is 0 Å². The van der Waals surface area contributed by atoms with Gasteiger partial charge < -0.3 is 10.1 Å². The molecule has 2 unspecified atom stereocenters. The topological polar surface area (TPSA) is 37.4 Å². The fraction of sp³-hybridized carbons (Fsp3) is 0.643. The van der Waals surface area contributed by atoms with Gasteiger partial charge in [-0.25, -0.2) is 4.98 Å². The highest BCUT2D eigenvalue weighted by Gasteiger charge is 2.34. The molecule has 1 aromatic heterocycles. The lowest BCUT2D eigenvalue weighted by atomic mass is 9.92. The minimum absolute atomic E-state index is 0.698. The van der Waals surface area contributed by atoms with Crippen molar-refractivity contribution < 1.29 is 4.74 Å². The quantitative estimate of drug-likeness (QED) is 0.873. The molecule has 1 aromatic rings. The Labute approximate surface area is 108 Å². The van der Waals surface area contributed by atoms with E-state index in [0.717, 1.165) is 24.9 Å². The molecule has 1 N–H and O–H groups in total. The number of ether oxygens (including phenoxy) is 1. The van der Waals surface area contributed by atoms with Crippen LogP contribution in [-0.4, -0.2) is 42.7 Å². The van der Waals surface area contributed by atoms with E-state index >= 15 is 0 Å². The first-order chi connectivity index (χ1) is 8.88. The SMILES string of the molecule is COc1ncccc1CN1CCCC2CNCC21. The van der Waals surface area contributed by atoms with Crippen LogP contribution in [0, 0.1) is 5.92 Å². The summed E-state index contributed by atoms with van der Waals surface area (Å²) in [6.07, 6.45) is 4.47. The van der Waals surface area contributed by atoms with Gasteiger partial charge in [0, 0.05) is 30.9 Å². The summed E-state index contributed by atoms with van der Waals surface area (Å²) >= 11 is 0. The van der Waals surface area contributed by atoms with E-state index in [1.807, 2.05) is 6.07 Å². The van der Waals surface area contributed by atoms with Gasteiger partial charge in [-0.15, -0.1) is 0 Å². The smallest absolute Gasteiger partial charge is 0.217 e. The number of hydrogen-bond acceptors (Lipinski definition) is 4. The van der Waals surface area contributed by atoms with Crippen molar-refractivity contribution in [2.24, 2.45) is 5.92 Å². The highest BCUT2D eigenvalue weighted by molar-refractivity contribution is 5.25. The molecule has 0 bridgehead atoms. The summed E-state index contributed by atoms with van der Waals surface area (Å²) in [6.45, 7) is 4.47. The van der Waals surface area contributed by atoms with Crippen molar-refractivity contribution in [1.82, 2.24) is 15.2 Å². The van der Waals surface area contributed by atoms with Gasteiger partial charge >= 0.3 is 0 Å². The van der Waals surface area contributed by atoms with Crippen LogP contribution in [0.15, 0.2) is 18.3 Å². The Morgan fingerprint density at radius 3 is 3.33 bits per heavy atom. The van der Waals surface area contributed by atoms with Crippen molar-refractivity contribution >= 4 is 0 Å². The zero-order chi connectivity index (χ0) is 12.4. The highest BCUT2D eigenvalue weighted by Crippen LogP contribution is 2.28. The van der Waals surface area contributed by atoms with Crippen molar-refractivity contribution in [2.45, 2.75) is 25.4 Å². The molecule has 0 radical (unpaired) electrons. The van der Waals surface area contributed by atoms with Crippen molar-refractivity contribution in [3.05, 3.63) is 23.9 Å². The predicted molar refractivity (Wildman–Crippen MR) is 70.6 cm³/mol. The van der Waals surface area contributed by atoms with Gasteiger partial charge in [0.05, 0.1) is 7.11 Å². The number of fused-ring (bicyclic) bond motifs is 1. The molecule has 2 saturated heterocycles. The molecule has 98 valence electrons. The maximum absolute atomic E-state index is 5.34. The van der Waals surface area contributed by atoms with Crippen LogP contribution in [0.1, 0.15) is 18.4 Å². The number of nitrogens with zero attached hydrogens (tertiary/aromatic N) is 2. The Morgan fingerprint density at radius 1 is 1.50 bits per heavy atom. The van der Waals surface area contributed by atoms with Crippen LogP contribution < -0.4 is 10.1 Å². The normalized spacial score (nSPS) is 28.1. The molecule has 2 fully saturated rings. The van der Waals surface area contributed by atoms with Gasteiger partial charge in [-0.2, -0.15) is 0 Å². The number of likely N-dealkylation sites (tertiary alicyclic amines) is 1. The van der Waals surface area contributed by atoms with Crippen molar-refractivity contribution in [3.8, 4) is 5.88 Å². The summed E-state index contributed by atoms with van der Waals surface area (Å²) < 4.78 is 5.34. The first kappa shape index (κ1) is 11.9. The van der Waals surface area contributed by atoms with Crippen molar-refractivity contribution in [1.29, 1.82) is 0 Å². The summed E-state index contributed by atoms with van der Waals surface area (Å²) in [5, 5.41) is 3.52. The summed E-state index contributed by atoms with van der Waals surface area (Å²) in [6, 6.07) is 4.81. The molecule has 2 atom stereocenters. The van der Waals surface area contributed by atoms with Gasteiger partial charge in [-0.3, -0.25) is 4.90 Å². The van der Waals surface area contributed by atoms with Crippen molar-refractivity contribution in [2.75, 3.05) is 26.7 Å². The third kappa shape index (κ3) is 2.22. The third-order valence-corrected chi connectivity index (χ3v) is 4.21. The average Bonchev–Trinajstić information content (AvgIpc) is 2.89. The van der Waals surface area contributed by atoms with Gasteiger partial charge in [0.15, 0.2) is 0 Å². The van der Waals surface area contributed by atoms with Gasteiger partial charge in [0.25, 0.3) is 0 Å². The Balaban J connectivity index is 1.75. The monoisotopic (exact) mass is 247 g/mol. The minimum atomic E-state index is 0.698. The van der Waals surface area contributed by atoms with E-state index in [0.29, 0.717) is 6.04 Å². The van der Waals surface area contributed by atoms with Crippen LogP contribution in [0.5, 0.6) is 5.88 Å². The Bertz CT molecular complexity index is 410. The number of rotatable bonds is 3. The molecule has 4 heteroatoms.